The monoisotopic (exact) mass is 262 g/mol. The van der Waals surface area contributed by atoms with E-state index in [4.69, 9.17) is 5.73 Å². The van der Waals surface area contributed by atoms with E-state index in [-0.39, 0.29) is 5.41 Å². The van der Waals surface area contributed by atoms with E-state index in [1.54, 1.807) is 0 Å². The molecule has 19 heavy (non-hydrogen) atoms. The highest BCUT2D eigenvalue weighted by Gasteiger charge is 2.26. The first kappa shape index (κ1) is 15.2. The Morgan fingerprint density at radius 1 is 1.16 bits per heavy atom. The molecule has 0 atom stereocenters. The maximum Gasteiger partial charge on any atom is 0.309 e. The van der Waals surface area contributed by atoms with Crippen LogP contribution in [-0.2, 0) is 15.0 Å². The predicted molar refractivity (Wildman–Crippen MR) is 75.9 cm³/mol. The molecule has 0 aromatic heterocycles. The average Bonchev–Trinajstić information content (AvgIpc) is 2.23. The van der Waals surface area contributed by atoms with Gasteiger partial charge in [-0.05, 0) is 37.5 Å². The minimum Gasteiger partial charge on any atom is -0.361 e. The molecule has 0 aliphatic rings. The maximum atomic E-state index is 11.3. The summed E-state index contributed by atoms with van der Waals surface area (Å²) in [6.45, 7) is 10.6. The largest absolute Gasteiger partial charge is 0.361 e. The highest BCUT2D eigenvalue weighted by molar-refractivity contribution is 6.34. The lowest BCUT2D eigenvalue weighted by molar-refractivity contribution is -0.137. The standard InChI is InChI=1S/C15H22N2O2/c1-9-6-10(2)12(11(3)7-9)15(4,5)8-17-14(19)13(16)18/h6-7H,8H2,1-5H3,(H2,16,18)(H,17,19). The van der Waals surface area contributed by atoms with Gasteiger partial charge >= 0.3 is 11.8 Å². The molecule has 0 aliphatic carbocycles. The van der Waals surface area contributed by atoms with Crippen LogP contribution in [-0.4, -0.2) is 18.4 Å². The van der Waals surface area contributed by atoms with Gasteiger partial charge in [-0.1, -0.05) is 31.5 Å². The normalized spacial score (nSPS) is 11.2. The Morgan fingerprint density at radius 3 is 2.05 bits per heavy atom. The molecule has 104 valence electrons. The van der Waals surface area contributed by atoms with Crippen molar-refractivity contribution in [3.63, 3.8) is 0 Å². The first-order valence-corrected chi connectivity index (χ1v) is 6.31. The van der Waals surface area contributed by atoms with E-state index in [0.29, 0.717) is 6.54 Å². The van der Waals surface area contributed by atoms with Crippen LogP contribution in [0.25, 0.3) is 0 Å². The number of primary amides is 1. The molecule has 0 spiro atoms. The number of carbonyl (C=O) groups is 2. The fourth-order valence-corrected chi connectivity index (χ4v) is 2.72. The lowest BCUT2D eigenvalue weighted by Crippen LogP contribution is -2.43. The molecule has 1 rings (SSSR count). The van der Waals surface area contributed by atoms with Gasteiger partial charge in [-0.15, -0.1) is 0 Å². The molecule has 0 unspecified atom stereocenters. The Kier molecular flexibility index (Phi) is 4.35. The molecule has 1 aromatic rings. The highest BCUT2D eigenvalue weighted by atomic mass is 16.2. The Hall–Kier alpha value is -1.84. The van der Waals surface area contributed by atoms with Crippen LogP contribution < -0.4 is 11.1 Å². The van der Waals surface area contributed by atoms with E-state index in [0.717, 1.165) is 0 Å². The first-order valence-electron chi connectivity index (χ1n) is 6.31. The third-order valence-electron chi connectivity index (χ3n) is 3.27. The molecule has 1 aromatic carbocycles. The van der Waals surface area contributed by atoms with Crippen molar-refractivity contribution >= 4 is 11.8 Å². The van der Waals surface area contributed by atoms with Gasteiger partial charge in [-0.2, -0.15) is 0 Å². The van der Waals surface area contributed by atoms with Gasteiger partial charge in [0.25, 0.3) is 0 Å². The number of carbonyl (C=O) groups excluding carboxylic acids is 2. The zero-order valence-electron chi connectivity index (χ0n) is 12.3. The summed E-state index contributed by atoms with van der Waals surface area (Å²) in [6.07, 6.45) is 0. The number of nitrogens with one attached hydrogen (secondary N) is 1. The van der Waals surface area contributed by atoms with Crippen molar-refractivity contribution in [2.45, 2.75) is 40.0 Å². The van der Waals surface area contributed by atoms with Gasteiger partial charge in [0.05, 0.1) is 0 Å². The lowest BCUT2D eigenvalue weighted by atomic mass is 9.78. The molecule has 0 radical (unpaired) electrons. The van der Waals surface area contributed by atoms with Gasteiger partial charge in [0, 0.05) is 12.0 Å². The van der Waals surface area contributed by atoms with Crippen LogP contribution in [0.5, 0.6) is 0 Å². The number of rotatable bonds is 3. The van der Waals surface area contributed by atoms with Crippen LogP contribution in [0, 0.1) is 20.8 Å². The van der Waals surface area contributed by atoms with Crippen molar-refractivity contribution in [3.05, 3.63) is 34.4 Å². The van der Waals surface area contributed by atoms with Crippen molar-refractivity contribution in [1.29, 1.82) is 0 Å². The molecule has 0 bridgehead atoms. The molecule has 0 saturated carbocycles. The third kappa shape index (κ3) is 3.56. The fraction of sp³-hybridized carbons (Fsp3) is 0.467. The van der Waals surface area contributed by atoms with Crippen molar-refractivity contribution in [2.75, 3.05) is 6.54 Å². The summed E-state index contributed by atoms with van der Waals surface area (Å²) in [5.74, 6) is -1.69. The van der Waals surface area contributed by atoms with Crippen LogP contribution in [0.4, 0.5) is 0 Å². The number of amides is 2. The molecule has 3 N–H and O–H groups in total. The molecular weight excluding hydrogens is 240 g/mol. The van der Waals surface area contributed by atoms with E-state index >= 15 is 0 Å². The number of hydrogen-bond donors (Lipinski definition) is 2. The lowest BCUT2D eigenvalue weighted by Gasteiger charge is -2.29. The van der Waals surface area contributed by atoms with Crippen molar-refractivity contribution < 1.29 is 9.59 Å². The molecule has 0 fully saturated rings. The summed E-state index contributed by atoms with van der Waals surface area (Å²) in [4.78, 5) is 22.0. The quantitative estimate of drug-likeness (QED) is 0.810. The Balaban J connectivity index is 3.00. The van der Waals surface area contributed by atoms with Gasteiger partial charge in [-0.25, -0.2) is 0 Å². The van der Waals surface area contributed by atoms with Gasteiger partial charge in [0.15, 0.2) is 0 Å². The van der Waals surface area contributed by atoms with Gasteiger partial charge in [-0.3, -0.25) is 9.59 Å². The maximum absolute atomic E-state index is 11.3. The Labute approximate surface area is 114 Å². The number of aryl methyl sites for hydroxylation is 3. The SMILES string of the molecule is Cc1cc(C)c(C(C)(C)CNC(=O)C(N)=O)c(C)c1. The summed E-state index contributed by atoms with van der Waals surface area (Å²) in [5.41, 5.74) is 9.47. The van der Waals surface area contributed by atoms with Gasteiger partial charge < -0.3 is 11.1 Å². The van der Waals surface area contributed by atoms with Gasteiger partial charge in [0.2, 0.25) is 0 Å². The average molecular weight is 262 g/mol. The molecule has 4 nitrogen and oxygen atoms in total. The summed E-state index contributed by atoms with van der Waals surface area (Å²) < 4.78 is 0. The summed E-state index contributed by atoms with van der Waals surface area (Å²) >= 11 is 0. The summed E-state index contributed by atoms with van der Waals surface area (Å²) in [5, 5.41) is 2.58. The van der Waals surface area contributed by atoms with Crippen molar-refractivity contribution in [2.24, 2.45) is 5.73 Å². The van der Waals surface area contributed by atoms with Crippen molar-refractivity contribution in [3.8, 4) is 0 Å². The summed E-state index contributed by atoms with van der Waals surface area (Å²) in [6, 6.07) is 4.25. The Morgan fingerprint density at radius 2 is 1.63 bits per heavy atom. The van der Waals surface area contributed by atoms with E-state index in [2.05, 4.69) is 38.2 Å². The molecule has 0 heterocycles. The van der Waals surface area contributed by atoms with E-state index in [1.165, 1.54) is 22.3 Å². The van der Waals surface area contributed by atoms with Gasteiger partial charge in [0.1, 0.15) is 0 Å². The van der Waals surface area contributed by atoms with E-state index in [1.807, 2.05) is 13.8 Å². The van der Waals surface area contributed by atoms with Crippen LogP contribution in [0.3, 0.4) is 0 Å². The molecule has 0 saturated heterocycles. The van der Waals surface area contributed by atoms with E-state index < -0.39 is 11.8 Å². The zero-order chi connectivity index (χ0) is 14.8. The topological polar surface area (TPSA) is 72.2 Å². The second kappa shape index (κ2) is 5.43. The molecule has 0 aliphatic heterocycles. The minimum atomic E-state index is -0.951. The fourth-order valence-electron chi connectivity index (χ4n) is 2.72. The minimum absolute atomic E-state index is 0.257. The first-order chi connectivity index (χ1) is 8.65. The number of benzene rings is 1. The van der Waals surface area contributed by atoms with Crippen LogP contribution >= 0.6 is 0 Å². The molecular formula is C15H22N2O2. The van der Waals surface area contributed by atoms with Crippen LogP contribution in [0.1, 0.15) is 36.1 Å². The third-order valence-corrected chi connectivity index (χ3v) is 3.27. The Bertz CT molecular complexity index is 496. The molecule has 2 amide bonds. The summed E-state index contributed by atoms with van der Waals surface area (Å²) in [7, 11) is 0. The number of hydrogen-bond acceptors (Lipinski definition) is 2. The smallest absolute Gasteiger partial charge is 0.309 e. The zero-order valence-corrected chi connectivity index (χ0v) is 12.3. The second-order valence-electron chi connectivity index (χ2n) is 5.70. The second-order valence-corrected chi connectivity index (χ2v) is 5.70. The molecule has 4 heteroatoms. The van der Waals surface area contributed by atoms with Crippen molar-refractivity contribution in [1.82, 2.24) is 5.32 Å². The van der Waals surface area contributed by atoms with E-state index in [9.17, 15) is 9.59 Å². The van der Waals surface area contributed by atoms with Crippen LogP contribution in [0.15, 0.2) is 12.1 Å². The highest BCUT2D eigenvalue weighted by Crippen LogP contribution is 2.29. The predicted octanol–water partition coefficient (Wildman–Crippen LogP) is 1.49. The number of nitrogens with two attached hydrogens (primary N) is 1. The van der Waals surface area contributed by atoms with Crippen LogP contribution in [0.2, 0.25) is 0 Å².